The second-order valence-electron chi connectivity index (χ2n) is 3.81. The van der Waals surface area contributed by atoms with Gasteiger partial charge in [-0.3, -0.25) is 9.97 Å². The van der Waals surface area contributed by atoms with E-state index in [1.807, 2.05) is 37.5 Å². The summed E-state index contributed by atoms with van der Waals surface area (Å²) in [6.45, 7) is 21.7. The van der Waals surface area contributed by atoms with Crippen molar-refractivity contribution in [1.82, 2.24) is 9.97 Å². The molecule has 8 heteroatoms. The first-order chi connectivity index (χ1) is 11.8. The van der Waals surface area contributed by atoms with Crippen LogP contribution in [0.4, 0.5) is 0 Å². The maximum atomic E-state index is 6.25. The predicted molar refractivity (Wildman–Crippen MR) is 84.8 cm³/mol. The summed E-state index contributed by atoms with van der Waals surface area (Å²) in [4.78, 5) is 8.72. The average Bonchev–Trinajstić information content (AvgIpc) is 2.70. The first-order valence-electron chi connectivity index (χ1n) is 6.27. The molecule has 0 unspecified atom stereocenters. The maximum Gasteiger partial charge on any atom is 4.00 e. The molecule has 0 saturated carbocycles. The van der Waals surface area contributed by atoms with E-state index in [-0.39, 0.29) is 19.8 Å². The summed E-state index contributed by atoms with van der Waals surface area (Å²) in [7, 11) is 0. The summed E-state index contributed by atoms with van der Waals surface area (Å²) in [5, 5.41) is 25.0. The molecule has 0 spiro atoms. The monoisotopic (exact) mass is 509 g/mol. The van der Waals surface area contributed by atoms with Crippen LogP contribution in [0, 0.1) is 54.3 Å². The van der Waals surface area contributed by atoms with E-state index in [1.165, 1.54) is 5.56 Å². The Hall–Kier alpha value is -3.14. The van der Waals surface area contributed by atoms with E-state index in [0.29, 0.717) is 6.54 Å². The molecule has 2 N–H and O–H groups in total. The van der Waals surface area contributed by atoms with Crippen LogP contribution in [-0.4, -0.2) is 16.5 Å². The van der Waals surface area contributed by atoms with Crippen LogP contribution in [0.1, 0.15) is 11.1 Å². The smallest absolute Gasteiger partial charge is 0.512 e. The summed E-state index contributed by atoms with van der Waals surface area (Å²) < 4.78 is 0. The van der Waals surface area contributed by atoms with Crippen LogP contribution in [0.5, 0.6) is 0 Å². The van der Waals surface area contributed by atoms with Gasteiger partial charge in [0.1, 0.15) is 0 Å². The third kappa shape index (κ3) is 13.0. The molecule has 2 rings (SSSR count). The SMILES string of the molecule is Cc1ccc(-c2ccc(CCN)cn2)nc1.[C-]#N.[C-]#N.[C-]#N.[C-]#N.[Os+4]. The second-order valence-corrected chi connectivity index (χ2v) is 3.81. The summed E-state index contributed by atoms with van der Waals surface area (Å²) in [5.74, 6) is 0. The fourth-order valence-corrected chi connectivity index (χ4v) is 1.51. The van der Waals surface area contributed by atoms with E-state index < -0.39 is 0 Å². The Morgan fingerprint density at radius 3 is 1.56 bits per heavy atom. The number of nitrogens with two attached hydrogens (primary N) is 1. The van der Waals surface area contributed by atoms with Gasteiger partial charge in [0.15, 0.2) is 0 Å². The van der Waals surface area contributed by atoms with Crippen molar-refractivity contribution in [3.8, 4) is 11.4 Å². The van der Waals surface area contributed by atoms with Gasteiger partial charge in [-0.15, -0.1) is 0 Å². The van der Waals surface area contributed by atoms with Gasteiger partial charge in [-0.1, -0.05) is 12.1 Å². The van der Waals surface area contributed by atoms with Crippen LogP contribution in [0.2, 0.25) is 0 Å². The summed E-state index contributed by atoms with van der Waals surface area (Å²) >= 11 is 0. The van der Waals surface area contributed by atoms with Crippen LogP contribution in [0.25, 0.3) is 11.4 Å². The molecule has 0 bridgehead atoms. The Morgan fingerprint density at radius 2 is 1.24 bits per heavy atom. The van der Waals surface area contributed by atoms with E-state index in [9.17, 15) is 0 Å². The van der Waals surface area contributed by atoms with Crippen molar-refractivity contribution >= 4 is 0 Å². The standard InChI is InChI=1S/C13H15N3.4CN.Os/c1-10-2-4-12(15-8-10)13-5-3-11(6-7-14)9-16-13;4*1-2;/h2-5,8-9H,6-7,14H2,1H3;;;;;/q;4*-1;+4. The van der Waals surface area contributed by atoms with Crippen molar-refractivity contribution in [2.75, 3.05) is 6.54 Å². The van der Waals surface area contributed by atoms with Gasteiger partial charge in [-0.25, -0.2) is 0 Å². The van der Waals surface area contributed by atoms with E-state index in [4.69, 9.17) is 53.1 Å². The van der Waals surface area contributed by atoms with Crippen molar-refractivity contribution in [3.05, 3.63) is 74.1 Å². The Balaban J connectivity index is -0.000000217. The van der Waals surface area contributed by atoms with E-state index in [2.05, 4.69) is 16.0 Å². The van der Waals surface area contributed by atoms with Crippen molar-refractivity contribution in [1.29, 1.82) is 21.0 Å². The molecule has 0 atom stereocenters. The third-order valence-corrected chi connectivity index (χ3v) is 2.43. The molecule has 0 aliphatic rings. The van der Waals surface area contributed by atoms with Crippen LogP contribution in [-0.2, 0) is 26.2 Å². The number of hydrogen-bond acceptors (Lipinski definition) is 7. The molecule has 0 amide bonds. The predicted octanol–water partition coefficient (Wildman–Crippen LogP) is 2.34. The Labute approximate surface area is 162 Å². The van der Waals surface area contributed by atoms with E-state index in [1.54, 1.807) is 0 Å². The Kier molecular flexibility index (Phi) is 27.6. The van der Waals surface area contributed by atoms with Crippen molar-refractivity contribution in [2.24, 2.45) is 5.73 Å². The summed E-state index contributed by atoms with van der Waals surface area (Å²) in [6, 6.07) is 8.07. The molecule has 0 aromatic carbocycles. The largest absolute Gasteiger partial charge is 4.00 e. The first kappa shape index (κ1) is 29.8. The van der Waals surface area contributed by atoms with Gasteiger partial charge in [0.2, 0.25) is 0 Å². The average molecular weight is 508 g/mol. The molecule has 0 radical (unpaired) electrons. The van der Waals surface area contributed by atoms with Crippen LogP contribution >= 0.6 is 0 Å². The molecular formula is C17H15N7Os. The van der Waals surface area contributed by atoms with Gasteiger partial charge in [0.05, 0.1) is 11.4 Å². The number of nitrogens with zero attached hydrogens (tertiary/aromatic N) is 6. The van der Waals surface area contributed by atoms with Gasteiger partial charge in [-0.2, -0.15) is 0 Å². The molecule has 0 aliphatic heterocycles. The van der Waals surface area contributed by atoms with Gasteiger partial charge in [0.25, 0.3) is 0 Å². The van der Waals surface area contributed by atoms with Crippen molar-refractivity contribution < 1.29 is 19.8 Å². The topological polar surface area (TPSA) is 147 Å². The van der Waals surface area contributed by atoms with Crippen molar-refractivity contribution in [3.63, 3.8) is 0 Å². The van der Waals surface area contributed by atoms with Crippen LogP contribution in [0.3, 0.4) is 0 Å². The van der Waals surface area contributed by atoms with E-state index in [0.717, 1.165) is 23.4 Å². The fourth-order valence-electron chi connectivity index (χ4n) is 1.51. The number of rotatable bonds is 3. The Bertz CT molecular complexity index is 589. The molecule has 2 aromatic heterocycles. The van der Waals surface area contributed by atoms with Gasteiger partial charge >= 0.3 is 19.8 Å². The van der Waals surface area contributed by atoms with Gasteiger partial charge < -0.3 is 53.1 Å². The first-order valence-corrected chi connectivity index (χ1v) is 6.27. The molecule has 0 saturated heterocycles. The summed E-state index contributed by atoms with van der Waals surface area (Å²) in [6.07, 6.45) is 4.59. The van der Waals surface area contributed by atoms with Crippen molar-refractivity contribution in [2.45, 2.75) is 13.3 Å². The van der Waals surface area contributed by atoms with E-state index >= 15 is 0 Å². The molecule has 0 fully saturated rings. The normalized spacial score (nSPS) is 6.96. The van der Waals surface area contributed by atoms with Gasteiger partial charge in [0, 0.05) is 12.4 Å². The molecule has 2 aromatic rings. The molecular weight excluding hydrogens is 492 g/mol. The number of hydrogen-bond donors (Lipinski definition) is 1. The zero-order chi connectivity index (χ0) is 19.4. The zero-order valence-corrected chi connectivity index (χ0v) is 16.0. The number of aryl methyl sites for hydroxylation is 1. The minimum atomic E-state index is 0. The quantitative estimate of drug-likeness (QED) is 0.627. The molecule has 0 aliphatic carbocycles. The van der Waals surface area contributed by atoms with Crippen LogP contribution in [0.15, 0.2) is 36.7 Å². The molecule has 7 nitrogen and oxygen atoms in total. The van der Waals surface area contributed by atoms with Gasteiger partial charge in [-0.05, 0) is 43.1 Å². The molecule has 25 heavy (non-hydrogen) atoms. The van der Waals surface area contributed by atoms with Crippen LogP contribution < -0.4 is 5.73 Å². The second kappa shape index (κ2) is 23.1. The third-order valence-electron chi connectivity index (χ3n) is 2.43. The minimum absolute atomic E-state index is 0. The number of pyridine rings is 2. The molecule has 126 valence electrons. The fraction of sp³-hybridized carbons (Fsp3) is 0.176. The molecule has 2 heterocycles. The minimum Gasteiger partial charge on any atom is -0.512 e. The zero-order valence-electron chi connectivity index (χ0n) is 13.5. The Morgan fingerprint density at radius 1 is 0.800 bits per heavy atom. The number of aromatic nitrogens is 2. The summed E-state index contributed by atoms with van der Waals surface area (Å²) in [5.41, 5.74) is 9.62. The maximum absolute atomic E-state index is 6.25.